The van der Waals surface area contributed by atoms with Gasteiger partial charge >= 0.3 is 0 Å². The van der Waals surface area contributed by atoms with Gasteiger partial charge in [0.2, 0.25) is 0 Å². The Hall–Kier alpha value is -1.27. The molecule has 6 heteroatoms. The van der Waals surface area contributed by atoms with Crippen LogP contribution in [-0.2, 0) is 9.84 Å². The average Bonchev–Trinajstić information content (AvgIpc) is 2.60. The number of ether oxygens (including phenoxy) is 2. The van der Waals surface area contributed by atoms with Crippen LogP contribution in [0.15, 0.2) is 23.1 Å². The molecule has 1 aliphatic rings. The lowest BCUT2D eigenvalue weighted by atomic mass is 10.3. The lowest BCUT2D eigenvalue weighted by Gasteiger charge is -2.09. The molecule has 2 rings (SSSR count). The van der Waals surface area contributed by atoms with Gasteiger partial charge in [-0.25, -0.2) is 8.42 Å². The van der Waals surface area contributed by atoms with Crippen molar-refractivity contribution in [3.8, 4) is 11.5 Å². The topological polar surface area (TPSA) is 64.6 Å². The second-order valence-corrected chi connectivity index (χ2v) is 6.19. The highest BCUT2D eigenvalue weighted by Gasteiger charge is 2.18. The SMILES string of the molecule is CNCCS(=O)(=O)c1ccc2c(c1)OCCCO2. The van der Waals surface area contributed by atoms with Gasteiger partial charge in [0, 0.05) is 19.0 Å². The summed E-state index contributed by atoms with van der Waals surface area (Å²) < 4.78 is 35.0. The van der Waals surface area contributed by atoms with Crippen molar-refractivity contribution in [1.29, 1.82) is 0 Å². The summed E-state index contributed by atoms with van der Waals surface area (Å²) in [5.41, 5.74) is 0. The van der Waals surface area contributed by atoms with Crippen molar-refractivity contribution in [1.82, 2.24) is 5.32 Å². The van der Waals surface area contributed by atoms with Gasteiger partial charge in [0.15, 0.2) is 21.3 Å². The van der Waals surface area contributed by atoms with Crippen LogP contribution in [0.5, 0.6) is 11.5 Å². The van der Waals surface area contributed by atoms with Crippen molar-refractivity contribution >= 4 is 9.84 Å². The van der Waals surface area contributed by atoms with Crippen LogP contribution in [0, 0.1) is 0 Å². The maximum Gasteiger partial charge on any atom is 0.179 e. The zero-order valence-corrected chi connectivity index (χ0v) is 11.1. The van der Waals surface area contributed by atoms with Gasteiger partial charge in [0.05, 0.1) is 23.9 Å². The summed E-state index contributed by atoms with van der Waals surface area (Å²) in [4.78, 5) is 0.280. The normalized spacial score (nSPS) is 15.2. The number of benzene rings is 1. The second kappa shape index (κ2) is 5.58. The van der Waals surface area contributed by atoms with Crippen LogP contribution in [0.2, 0.25) is 0 Å². The first kappa shape index (κ1) is 13.2. The molecule has 0 saturated carbocycles. The van der Waals surface area contributed by atoms with Crippen LogP contribution in [0.1, 0.15) is 6.42 Å². The van der Waals surface area contributed by atoms with Crippen molar-refractivity contribution < 1.29 is 17.9 Å². The van der Waals surface area contributed by atoms with E-state index in [1.807, 2.05) is 0 Å². The van der Waals surface area contributed by atoms with Crippen molar-refractivity contribution in [3.05, 3.63) is 18.2 Å². The molecule has 100 valence electrons. The lowest BCUT2D eigenvalue weighted by Crippen LogP contribution is -2.19. The Bertz CT molecular complexity index is 513. The van der Waals surface area contributed by atoms with E-state index < -0.39 is 9.84 Å². The van der Waals surface area contributed by atoms with Crippen LogP contribution in [0.4, 0.5) is 0 Å². The van der Waals surface area contributed by atoms with E-state index in [1.54, 1.807) is 25.2 Å². The zero-order valence-electron chi connectivity index (χ0n) is 10.3. The Morgan fingerprint density at radius 2 is 1.94 bits per heavy atom. The summed E-state index contributed by atoms with van der Waals surface area (Å²) in [6.45, 7) is 1.57. The minimum Gasteiger partial charge on any atom is -0.490 e. The smallest absolute Gasteiger partial charge is 0.179 e. The predicted molar refractivity (Wildman–Crippen MR) is 68.0 cm³/mol. The summed E-state index contributed by atoms with van der Waals surface area (Å²) in [5.74, 6) is 1.20. The van der Waals surface area contributed by atoms with Crippen LogP contribution in [0.25, 0.3) is 0 Å². The molecule has 0 bridgehead atoms. The van der Waals surface area contributed by atoms with Gasteiger partial charge in [0.1, 0.15) is 0 Å². The zero-order chi connectivity index (χ0) is 13.0. The first-order chi connectivity index (χ1) is 8.63. The molecule has 0 unspecified atom stereocenters. The Morgan fingerprint density at radius 3 is 2.67 bits per heavy atom. The van der Waals surface area contributed by atoms with Gasteiger partial charge in [-0.15, -0.1) is 0 Å². The summed E-state index contributed by atoms with van der Waals surface area (Å²) in [7, 11) is -1.54. The minimum atomic E-state index is -3.27. The van der Waals surface area contributed by atoms with Gasteiger partial charge in [-0.3, -0.25) is 0 Å². The van der Waals surface area contributed by atoms with Crippen molar-refractivity contribution in [2.75, 3.05) is 32.6 Å². The minimum absolute atomic E-state index is 0.0726. The van der Waals surface area contributed by atoms with Gasteiger partial charge in [-0.2, -0.15) is 0 Å². The fourth-order valence-electron chi connectivity index (χ4n) is 1.69. The fourth-order valence-corrected chi connectivity index (χ4v) is 2.96. The molecule has 1 heterocycles. The number of hydrogen-bond acceptors (Lipinski definition) is 5. The van der Waals surface area contributed by atoms with E-state index in [1.165, 1.54) is 0 Å². The summed E-state index contributed by atoms with van der Waals surface area (Å²) in [6, 6.07) is 4.77. The fraction of sp³-hybridized carbons (Fsp3) is 0.500. The molecule has 5 nitrogen and oxygen atoms in total. The molecule has 0 aliphatic carbocycles. The van der Waals surface area contributed by atoms with Crippen LogP contribution in [0.3, 0.4) is 0 Å². The molecule has 1 N–H and O–H groups in total. The third kappa shape index (κ3) is 2.94. The maximum absolute atomic E-state index is 12.0. The molecule has 0 fully saturated rings. The monoisotopic (exact) mass is 271 g/mol. The quantitative estimate of drug-likeness (QED) is 0.879. The number of fused-ring (bicyclic) bond motifs is 1. The van der Waals surface area contributed by atoms with E-state index in [4.69, 9.17) is 9.47 Å². The molecule has 1 aliphatic heterocycles. The molecular formula is C12H17NO4S. The summed E-state index contributed by atoms with van der Waals surface area (Å²) in [5, 5.41) is 2.83. The number of sulfone groups is 1. The highest BCUT2D eigenvalue weighted by atomic mass is 32.2. The molecule has 18 heavy (non-hydrogen) atoms. The molecule has 0 spiro atoms. The maximum atomic E-state index is 12.0. The predicted octanol–water partition coefficient (Wildman–Crippen LogP) is 0.841. The van der Waals surface area contributed by atoms with E-state index in [0.717, 1.165) is 6.42 Å². The molecule has 0 amide bonds. The Morgan fingerprint density at radius 1 is 1.22 bits per heavy atom. The number of rotatable bonds is 4. The first-order valence-corrected chi connectivity index (χ1v) is 7.56. The molecular weight excluding hydrogens is 254 g/mol. The lowest BCUT2D eigenvalue weighted by molar-refractivity contribution is 0.297. The molecule has 0 radical (unpaired) electrons. The average molecular weight is 271 g/mol. The molecule has 1 aromatic carbocycles. The van der Waals surface area contributed by atoms with E-state index >= 15 is 0 Å². The Balaban J connectivity index is 2.27. The van der Waals surface area contributed by atoms with E-state index in [0.29, 0.717) is 31.3 Å². The molecule has 0 aromatic heterocycles. The van der Waals surface area contributed by atoms with Crippen molar-refractivity contribution in [3.63, 3.8) is 0 Å². The highest BCUT2D eigenvalue weighted by Crippen LogP contribution is 2.32. The van der Waals surface area contributed by atoms with Gasteiger partial charge in [0.25, 0.3) is 0 Å². The van der Waals surface area contributed by atoms with Crippen molar-refractivity contribution in [2.24, 2.45) is 0 Å². The van der Waals surface area contributed by atoms with Gasteiger partial charge in [-0.05, 0) is 19.2 Å². The molecule has 0 saturated heterocycles. The van der Waals surface area contributed by atoms with Gasteiger partial charge < -0.3 is 14.8 Å². The molecule has 1 aromatic rings. The largest absolute Gasteiger partial charge is 0.490 e. The number of nitrogens with one attached hydrogen (secondary N) is 1. The van der Waals surface area contributed by atoms with E-state index in [9.17, 15) is 8.42 Å². The van der Waals surface area contributed by atoms with E-state index in [-0.39, 0.29) is 10.6 Å². The second-order valence-electron chi connectivity index (χ2n) is 4.08. The summed E-state index contributed by atoms with van der Waals surface area (Å²) in [6.07, 6.45) is 0.802. The standard InChI is InChI=1S/C12H17NO4S/c1-13-5-8-18(14,15)10-3-4-11-12(9-10)17-7-2-6-16-11/h3-4,9,13H,2,5-8H2,1H3. The third-order valence-corrected chi connectivity index (χ3v) is 4.41. The molecule has 0 atom stereocenters. The number of hydrogen-bond donors (Lipinski definition) is 1. The Kier molecular flexibility index (Phi) is 4.08. The first-order valence-electron chi connectivity index (χ1n) is 5.90. The Labute approximate surface area is 107 Å². The van der Waals surface area contributed by atoms with Crippen LogP contribution >= 0.6 is 0 Å². The summed E-state index contributed by atoms with van der Waals surface area (Å²) >= 11 is 0. The van der Waals surface area contributed by atoms with Crippen molar-refractivity contribution in [2.45, 2.75) is 11.3 Å². The highest BCUT2D eigenvalue weighted by molar-refractivity contribution is 7.91. The van der Waals surface area contributed by atoms with Crippen LogP contribution in [-0.4, -0.2) is 41.0 Å². The van der Waals surface area contributed by atoms with Gasteiger partial charge in [-0.1, -0.05) is 0 Å². The third-order valence-electron chi connectivity index (χ3n) is 2.70. The van der Waals surface area contributed by atoms with E-state index in [2.05, 4.69) is 5.32 Å². The van der Waals surface area contributed by atoms with Crippen LogP contribution < -0.4 is 14.8 Å².